The molecule has 0 radical (unpaired) electrons. The second kappa shape index (κ2) is 34.6. The van der Waals surface area contributed by atoms with Crippen LogP contribution in [0.15, 0.2) is 0 Å². The number of rotatable bonds is 33. The van der Waals surface area contributed by atoms with E-state index in [1.165, 1.54) is 217 Å². The van der Waals surface area contributed by atoms with Gasteiger partial charge in [0, 0.05) is 0 Å². The molecule has 0 N–H and O–H groups in total. The maximum absolute atomic E-state index is 2.35. The average Bonchev–Trinajstić information content (AvgIpc) is 2.93. The lowest BCUT2D eigenvalue weighted by Crippen LogP contribution is -3.00. The van der Waals surface area contributed by atoms with Crippen LogP contribution < -0.4 is 17.0 Å². The molecule has 2 heteroatoms. The molecule has 39 heavy (non-hydrogen) atoms. The van der Waals surface area contributed by atoms with Gasteiger partial charge in [-0.05, 0) is 51.4 Å². The fourth-order valence-corrected chi connectivity index (χ4v) is 6.46. The molecule has 0 aromatic heterocycles. The molecule has 0 rings (SSSR count). The van der Waals surface area contributed by atoms with Crippen LogP contribution in [0.4, 0.5) is 0 Å². The van der Waals surface area contributed by atoms with Crippen LogP contribution in [-0.2, 0) is 0 Å². The van der Waals surface area contributed by atoms with E-state index in [0.29, 0.717) is 0 Å². The van der Waals surface area contributed by atoms with Gasteiger partial charge in [0.25, 0.3) is 0 Å². The summed E-state index contributed by atoms with van der Waals surface area (Å²) in [6, 6.07) is 0. The number of unbranched alkanes of at least 4 members (excludes halogenated alkanes) is 25. The molecular formula is C37H78BrN. The lowest BCUT2D eigenvalue weighted by molar-refractivity contribution is -0.929. The molecule has 0 aliphatic rings. The van der Waals surface area contributed by atoms with E-state index in [4.69, 9.17) is 0 Å². The standard InChI is InChI=1S/C37H78N.BrH/c1-5-9-13-17-18-19-20-21-22-23-24-25-29-33-37-38(34-30-26-14-10-6-2,35-31-27-15-11-7-3)36-32-28-16-12-8-4;/h5-37H2,1-4H3;1H/q+1;/p-1. The van der Waals surface area contributed by atoms with E-state index in [2.05, 4.69) is 27.7 Å². The monoisotopic (exact) mass is 616 g/mol. The molecule has 1 nitrogen and oxygen atoms in total. The first kappa shape index (κ1) is 41.6. The topological polar surface area (TPSA) is 0 Å². The Morgan fingerprint density at radius 2 is 0.385 bits per heavy atom. The summed E-state index contributed by atoms with van der Waals surface area (Å²) >= 11 is 0. The van der Waals surface area contributed by atoms with Crippen molar-refractivity contribution in [2.45, 2.75) is 214 Å². The quantitative estimate of drug-likeness (QED) is 0.0508. The Balaban J connectivity index is 0. The third kappa shape index (κ3) is 29.7. The molecule has 238 valence electrons. The first-order valence-corrected chi connectivity index (χ1v) is 18.6. The molecular weight excluding hydrogens is 538 g/mol. The normalized spacial score (nSPS) is 11.7. The molecule has 0 saturated heterocycles. The summed E-state index contributed by atoms with van der Waals surface area (Å²) in [5.41, 5.74) is 0. The van der Waals surface area contributed by atoms with Gasteiger partial charge in [-0.25, -0.2) is 0 Å². The Labute approximate surface area is 260 Å². The molecule has 0 unspecified atom stereocenters. The van der Waals surface area contributed by atoms with Crippen LogP contribution in [0.1, 0.15) is 214 Å². The van der Waals surface area contributed by atoms with Crippen LogP contribution >= 0.6 is 0 Å². The number of quaternary nitrogens is 1. The van der Waals surface area contributed by atoms with Gasteiger partial charge in [-0.3, -0.25) is 0 Å². The van der Waals surface area contributed by atoms with E-state index in [9.17, 15) is 0 Å². The number of halogens is 1. The molecule has 0 aromatic rings. The molecule has 0 saturated carbocycles. The van der Waals surface area contributed by atoms with Crippen molar-refractivity contribution < 1.29 is 21.5 Å². The highest BCUT2D eigenvalue weighted by molar-refractivity contribution is 4.55. The molecule has 0 heterocycles. The lowest BCUT2D eigenvalue weighted by Gasteiger charge is -2.40. The fourth-order valence-electron chi connectivity index (χ4n) is 6.46. The molecule has 0 aliphatic heterocycles. The Kier molecular flexibility index (Phi) is 36.9. The highest BCUT2D eigenvalue weighted by atomic mass is 79.9. The van der Waals surface area contributed by atoms with Gasteiger partial charge >= 0.3 is 0 Å². The number of hydrogen-bond donors (Lipinski definition) is 0. The van der Waals surface area contributed by atoms with Crippen molar-refractivity contribution in [1.29, 1.82) is 0 Å². The second-order valence-electron chi connectivity index (χ2n) is 13.1. The van der Waals surface area contributed by atoms with Gasteiger partial charge in [0.05, 0.1) is 26.2 Å². The van der Waals surface area contributed by atoms with E-state index < -0.39 is 0 Å². The zero-order valence-corrected chi connectivity index (χ0v) is 29.7. The van der Waals surface area contributed by atoms with Gasteiger partial charge in [0.1, 0.15) is 0 Å². The minimum Gasteiger partial charge on any atom is -1.00 e. The van der Waals surface area contributed by atoms with Crippen molar-refractivity contribution >= 4 is 0 Å². The van der Waals surface area contributed by atoms with Gasteiger partial charge in [0.2, 0.25) is 0 Å². The van der Waals surface area contributed by atoms with Crippen molar-refractivity contribution in [2.24, 2.45) is 0 Å². The molecule has 0 amide bonds. The summed E-state index contributed by atoms with van der Waals surface area (Å²) in [7, 11) is 0. The van der Waals surface area contributed by atoms with Crippen molar-refractivity contribution in [1.82, 2.24) is 0 Å². The van der Waals surface area contributed by atoms with E-state index in [1.54, 1.807) is 0 Å². The summed E-state index contributed by atoms with van der Waals surface area (Å²) in [6.45, 7) is 15.3. The SMILES string of the molecule is CCCCCCCCCCCCCCCC[N+](CCCCCCC)(CCCCCCC)CCCCCCC.[Br-]. The van der Waals surface area contributed by atoms with Crippen molar-refractivity contribution in [3.63, 3.8) is 0 Å². The summed E-state index contributed by atoms with van der Waals surface area (Å²) in [5, 5.41) is 0. The van der Waals surface area contributed by atoms with Gasteiger partial charge in [0.15, 0.2) is 0 Å². The lowest BCUT2D eigenvalue weighted by atomic mass is 10.0. The molecule has 0 atom stereocenters. The third-order valence-corrected chi connectivity index (χ3v) is 9.19. The third-order valence-electron chi connectivity index (χ3n) is 9.19. The zero-order valence-electron chi connectivity index (χ0n) is 28.2. The largest absolute Gasteiger partial charge is 1.00 e. The van der Waals surface area contributed by atoms with Crippen LogP contribution in [-0.4, -0.2) is 30.7 Å². The first-order chi connectivity index (χ1) is 18.7. The zero-order chi connectivity index (χ0) is 27.8. The van der Waals surface area contributed by atoms with Crippen LogP contribution in [0, 0.1) is 0 Å². The van der Waals surface area contributed by atoms with Crippen molar-refractivity contribution in [3.8, 4) is 0 Å². The van der Waals surface area contributed by atoms with E-state index >= 15 is 0 Å². The summed E-state index contributed by atoms with van der Waals surface area (Å²) in [4.78, 5) is 0. The minimum absolute atomic E-state index is 0. The highest BCUT2D eigenvalue weighted by Gasteiger charge is 2.25. The van der Waals surface area contributed by atoms with Gasteiger partial charge in [-0.15, -0.1) is 0 Å². The molecule has 0 aromatic carbocycles. The Hall–Kier alpha value is 0.440. The van der Waals surface area contributed by atoms with E-state index in [0.717, 1.165) is 0 Å². The number of nitrogens with zero attached hydrogens (tertiary/aromatic N) is 1. The Morgan fingerprint density at radius 1 is 0.231 bits per heavy atom. The molecule has 0 spiro atoms. The fraction of sp³-hybridized carbons (Fsp3) is 1.00. The van der Waals surface area contributed by atoms with Crippen LogP contribution in [0.25, 0.3) is 0 Å². The van der Waals surface area contributed by atoms with E-state index in [-0.39, 0.29) is 17.0 Å². The first-order valence-electron chi connectivity index (χ1n) is 18.6. The highest BCUT2D eigenvalue weighted by Crippen LogP contribution is 2.21. The predicted octanol–water partition coefficient (Wildman–Crippen LogP) is 10.2. The molecule has 0 fully saturated rings. The molecule has 0 bridgehead atoms. The Morgan fingerprint density at radius 3 is 0.564 bits per heavy atom. The van der Waals surface area contributed by atoms with Gasteiger partial charge < -0.3 is 21.5 Å². The van der Waals surface area contributed by atoms with Crippen LogP contribution in [0.2, 0.25) is 0 Å². The van der Waals surface area contributed by atoms with Crippen molar-refractivity contribution in [2.75, 3.05) is 26.2 Å². The summed E-state index contributed by atoms with van der Waals surface area (Å²) in [6.07, 6.45) is 42.3. The van der Waals surface area contributed by atoms with Gasteiger partial charge in [-0.2, -0.15) is 0 Å². The second-order valence-corrected chi connectivity index (χ2v) is 13.1. The van der Waals surface area contributed by atoms with Crippen LogP contribution in [0.3, 0.4) is 0 Å². The average molecular weight is 617 g/mol. The Bertz CT molecular complexity index is 388. The van der Waals surface area contributed by atoms with E-state index in [1.807, 2.05) is 0 Å². The predicted molar refractivity (Wildman–Crippen MR) is 176 cm³/mol. The van der Waals surface area contributed by atoms with Gasteiger partial charge in [-0.1, -0.05) is 163 Å². The van der Waals surface area contributed by atoms with Crippen molar-refractivity contribution in [3.05, 3.63) is 0 Å². The smallest absolute Gasteiger partial charge is 0.0786 e. The van der Waals surface area contributed by atoms with Crippen LogP contribution in [0.5, 0.6) is 0 Å². The summed E-state index contributed by atoms with van der Waals surface area (Å²) in [5.74, 6) is 0. The summed E-state index contributed by atoms with van der Waals surface area (Å²) < 4.78 is 1.47. The minimum atomic E-state index is 0. The molecule has 0 aliphatic carbocycles. The maximum atomic E-state index is 2.35. The maximum Gasteiger partial charge on any atom is 0.0786 e. The number of hydrogen-bond acceptors (Lipinski definition) is 0.